The molecule has 1 heterocycles. The van der Waals surface area contributed by atoms with Crippen molar-refractivity contribution in [3.8, 4) is 0 Å². The average Bonchev–Trinajstić information content (AvgIpc) is 3.03. The van der Waals surface area contributed by atoms with Gasteiger partial charge in [-0.3, -0.25) is 4.79 Å². The van der Waals surface area contributed by atoms with Crippen molar-refractivity contribution in [1.82, 2.24) is 10.2 Å². The third-order valence-electron chi connectivity index (χ3n) is 4.08. The predicted molar refractivity (Wildman–Crippen MR) is 84.6 cm³/mol. The van der Waals surface area contributed by atoms with Gasteiger partial charge in [0.25, 0.3) is 5.91 Å². The zero-order valence-corrected chi connectivity index (χ0v) is 13.1. The highest BCUT2D eigenvalue weighted by Gasteiger charge is 2.23. The molecule has 0 aromatic heterocycles. The molecule has 1 fully saturated rings. The number of nitrogens with zero attached hydrogens (tertiary/aromatic N) is 1. The summed E-state index contributed by atoms with van der Waals surface area (Å²) in [5.41, 5.74) is 1.94. The van der Waals surface area contributed by atoms with E-state index in [0.717, 1.165) is 37.1 Å². The summed E-state index contributed by atoms with van der Waals surface area (Å²) >= 11 is 0. The molecule has 4 nitrogen and oxygen atoms in total. The van der Waals surface area contributed by atoms with Crippen LogP contribution < -0.4 is 5.32 Å². The minimum Gasteiger partial charge on any atom is -0.383 e. The van der Waals surface area contributed by atoms with Crippen molar-refractivity contribution in [1.29, 1.82) is 0 Å². The first-order valence-electron chi connectivity index (χ1n) is 7.85. The van der Waals surface area contributed by atoms with Crippen molar-refractivity contribution in [2.24, 2.45) is 0 Å². The SMILES string of the molecule is CCc1ccccc1C(=O)N(CCOC)CC1CCCN1. The van der Waals surface area contributed by atoms with Crippen molar-refractivity contribution in [2.45, 2.75) is 32.2 Å². The number of aryl methyl sites for hydroxylation is 1. The Labute approximate surface area is 127 Å². The second-order valence-corrected chi connectivity index (χ2v) is 5.55. The Hall–Kier alpha value is -1.39. The van der Waals surface area contributed by atoms with Gasteiger partial charge in [-0.25, -0.2) is 0 Å². The van der Waals surface area contributed by atoms with Gasteiger partial charge in [-0.15, -0.1) is 0 Å². The fraction of sp³-hybridized carbons (Fsp3) is 0.588. The van der Waals surface area contributed by atoms with Gasteiger partial charge >= 0.3 is 0 Å². The molecule has 1 amide bonds. The smallest absolute Gasteiger partial charge is 0.254 e. The number of benzene rings is 1. The van der Waals surface area contributed by atoms with Crippen LogP contribution in [0.15, 0.2) is 24.3 Å². The van der Waals surface area contributed by atoms with Gasteiger partial charge in [-0.2, -0.15) is 0 Å². The molecule has 1 atom stereocenters. The summed E-state index contributed by atoms with van der Waals surface area (Å²) in [6.45, 7) is 5.13. The number of rotatable bonds is 7. The molecular weight excluding hydrogens is 264 g/mol. The Bertz CT molecular complexity index is 456. The van der Waals surface area contributed by atoms with Crippen LogP contribution in [0.5, 0.6) is 0 Å². The van der Waals surface area contributed by atoms with Crippen LogP contribution in [0.1, 0.15) is 35.7 Å². The molecule has 0 saturated carbocycles. The lowest BCUT2D eigenvalue weighted by atomic mass is 10.0. The summed E-state index contributed by atoms with van der Waals surface area (Å²) in [7, 11) is 1.68. The Morgan fingerprint density at radius 3 is 2.90 bits per heavy atom. The molecular formula is C17H26N2O2. The average molecular weight is 290 g/mol. The van der Waals surface area contributed by atoms with E-state index in [9.17, 15) is 4.79 Å². The Morgan fingerprint density at radius 2 is 2.24 bits per heavy atom. The standard InChI is InChI=1S/C17H26N2O2/c1-3-14-7-4-5-9-16(14)17(20)19(11-12-21-2)13-15-8-6-10-18-15/h4-5,7,9,15,18H,3,6,8,10-13H2,1-2H3. The van der Waals surface area contributed by atoms with Crippen molar-refractivity contribution >= 4 is 5.91 Å². The third kappa shape index (κ3) is 4.29. The lowest BCUT2D eigenvalue weighted by Gasteiger charge is -2.26. The van der Waals surface area contributed by atoms with Crippen LogP contribution in [-0.4, -0.2) is 50.2 Å². The molecule has 1 saturated heterocycles. The van der Waals surface area contributed by atoms with E-state index >= 15 is 0 Å². The highest BCUT2D eigenvalue weighted by molar-refractivity contribution is 5.95. The van der Waals surface area contributed by atoms with Crippen LogP contribution in [0.4, 0.5) is 0 Å². The van der Waals surface area contributed by atoms with Crippen molar-refractivity contribution in [3.05, 3.63) is 35.4 Å². The predicted octanol–water partition coefficient (Wildman–Crippen LogP) is 2.09. The molecule has 116 valence electrons. The number of amides is 1. The molecule has 4 heteroatoms. The lowest BCUT2D eigenvalue weighted by molar-refractivity contribution is 0.0678. The zero-order valence-electron chi connectivity index (χ0n) is 13.1. The molecule has 1 N–H and O–H groups in total. The quantitative estimate of drug-likeness (QED) is 0.836. The number of methoxy groups -OCH3 is 1. The van der Waals surface area contributed by atoms with E-state index in [0.29, 0.717) is 19.2 Å². The van der Waals surface area contributed by atoms with Crippen molar-refractivity contribution in [2.75, 3.05) is 33.4 Å². The largest absolute Gasteiger partial charge is 0.383 e. The number of carbonyl (C=O) groups is 1. The van der Waals surface area contributed by atoms with Crippen molar-refractivity contribution < 1.29 is 9.53 Å². The van der Waals surface area contributed by atoms with Crippen LogP contribution in [-0.2, 0) is 11.2 Å². The Balaban J connectivity index is 2.11. The fourth-order valence-corrected chi connectivity index (χ4v) is 2.86. The van der Waals surface area contributed by atoms with Gasteiger partial charge in [0, 0.05) is 31.8 Å². The van der Waals surface area contributed by atoms with Crippen LogP contribution >= 0.6 is 0 Å². The van der Waals surface area contributed by atoms with Crippen molar-refractivity contribution in [3.63, 3.8) is 0 Å². The van der Waals surface area contributed by atoms with Crippen LogP contribution in [0.25, 0.3) is 0 Å². The maximum atomic E-state index is 12.9. The first kappa shape index (κ1) is 16.0. The first-order valence-corrected chi connectivity index (χ1v) is 7.85. The van der Waals surface area contributed by atoms with Crippen LogP contribution in [0.2, 0.25) is 0 Å². The van der Waals surface area contributed by atoms with E-state index in [1.807, 2.05) is 29.2 Å². The second-order valence-electron chi connectivity index (χ2n) is 5.55. The van der Waals surface area contributed by atoms with Gasteiger partial charge < -0.3 is 15.0 Å². The summed E-state index contributed by atoms with van der Waals surface area (Å²) in [6.07, 6.45) is 3.22. The molecule has 1 aliphatic heterocycles. The molecule has 21 heavy (non-hydrogen) atoms. The van der Waals surface area contributed by atoms with Crippen LogP contribution in [0, 0.1) is 0 Å². The van der Waals surface area contributed by atoms with Gasteiger partial charge in [-0.1, -0.05) is 25.1 Å². The monoisotopic (exact) mass is 290 g/mol. The second kappa shape index (κ2) is 8.15. The van der Waals surface area contributed by atoms with E-state index in [4.69, 9.17) is 4.74 Å². The van der Waals surface area contributed by atoms with Gasteiger partial charge in [0.1, 0.15) is 0 Å². The number of ether oxygens (including phenoxy) is 1. The molecule has 0 spiro atoms. The van der Waals surface area contributed by atoms with Gasteiger partial charge in [0.05, 0.1) is 6.61 Å². The maximum absolute atomic E-state index is 12.9. The number of carbonyl (C=O) groups excluding carboxylic acids is 1. The molecule has 1 unspecified atom stereocenters. The number of hydrogen-bond donors (Lipinski definition) is 1. The minimum atomic E-state index is 0.123. The molecule has 0 aliphatic carbocycles. The van der Waals surface area contributed by atoms with E-state index in [1.54, 1.807) is 7.11 Å². The summed E-state index contributed by atoms with van der Waals surface area (Å²) in [5.74, 6) is 0.123. The lowest BCUT2D eigenvalue weighted by Crippen LogP contribution is -2.43. The molecule has 1 aliphatic rings. The van der Waals surface area contributed by atoms with E-state index in [1.165, 1.54) is 6.42 Å². The minimum absolute atomic E-state index is 0.123. The van der Waals surface area contributed by atoms with Gasteiger partial charge in [0.2, 0.25) is 0 Å². The maximum Gasteiger partial charge on any atom is 0.254 e. The van der Waals surface area contributed by atoms with Gasteiger partial charge in [0.15, 0.2) is 0 Å². The number of nitrogens with one attached hydrogen (secondary N) is 1. The molecule has 0 bridgehead atoms. The molecule has 1 aromatic rings. The normalized spacial score (nSPS) is 17.9. The highest BCUT2D eigenvalue weighted by Crippen LogP contribution is 2.15. The molecule has 0 radical (unpaired) electrons. The summed E-state index contributed by atoms with van der Waals surface area (Å²) in [4.78, 5) is 14.8. The Morgan fingerprint density at radius 1 is 1.43 bits per heavy atom. The van der Waals surface area contributed by atoms with Crippen LogP contribution in [0.3, 0.4) is 0 Å². The van der Waals surface area contributed by atoms with E-state index in [2.05, 4.69) is 12.2 Å². The first-order chi connectivity index (χ1) is 10.3. The zero-order chi connectivity index (χ0) is 15.1. The summed E-state index contributed by atoms with van der Waals surface area (Å²) in [5, 5.41) is 3.46. The highest BCUT2D eigenvalue weighted by atomic mass is 16.5. The summed E-state index contributed by atoms with van der Waals surface area (Å²) in [6, 6.07) is 8.32. The third-order valence-corrected chi connectivity index (χ3v) is 4.08. The molecule has 2 rings (SSSR count). The number of hydrogen-bond acceptors (Lipinski definition) is 3. The Kier molecular flexibility index (Phi) is 6.21. The summed E-state index contributed by atoms with van der Waals surface area (Å²) < 4.78 is 5.17. The van der Waals surface area contributed by atoms with Gasteiger partial charge in [-0.05, 0) is 37.4 Å². The topological polar surface area (TPSA) is 41.6 Å². The fourth-order valence-electron chi connectivity index (χ4n) is 2.86. The van der Waals surface area contributed by atoms with E-state index < -0.39 is 0 Å². The van der Waals surface area contributed by atoms with E-state index in [-0.39, 0.29) is 5.91 Å². The molecule has 1 aromatic carbocycles.